The molecule has 0 unspecified atom stereocenters. The molecular formula is C12H15N5O. The molecule has 2 N–H and O–H groups in total. The Balaban J connectivity index is 1.79. The molecule has 0 aliphatic heterocycles. The molecule has 0 radical (unpaired) electrons. The first kappa shape index (κ1) is 11.0. The highest BCUT2D eigenvalue weighted by Gasteiger charge is 2.20. The van der Waals surface area contributed by atoms with E-state index in [-0.39, 0.29) is 6.01 Å². The van der Waals surface area contributed by atoms with E-state index in [0.717, 1.165) is 12.8 Å². The Bertz CT molecular complexity index is 519. The van der Waals surface area contributed by atoms with Crippen LogP contribution < -0.4 is 10.5 Å². The van der Waals surface area contributed by atoms with Crippen molar-refractivity contribution in [3.8, 4) is 11.9 Å². The Kier molecular flexibility index (Phi) is 2.84. The average Bonchev–Trinajstić information content (AvgIpc) is 3.00. The normalized spacial score (nSPS) is 16.0. The third kappa shape index (κ3) is 2.13. The highest BCUT2D eigenvalue weighted by atomic mass is 16.5. The van der Waals surface area contributed by atoms with Crippen LogP contribution in [0.3, 0.4) is 0 Å². The van der Waals surface area contributed by atoms with E-state index < -0.39 is 0 Å². The molecule has 0 atom stereocenters. The van der Waals surface area contributed by atoms with Crippen LogP contribution in [-0.4, -0.2) is 19.7 Å². The standard InChI is InChI=1S/C12H15N5O/c13-10-8-11(18-12-14-6-3-7-15-12)16-17(10)9-4-1-2-5-9/h3,6-9H,1-2,4-5,13H2. The molecule has 6 heteroatoms. The van der Waals surface area contributed by atoms with Gasteiger partial charge in [0.05, 0.1) is 6.04 Å². The minimum atomic E-state index is 0.286. The summed E-state index contributed by atoms with van der Waals surface area (Å²) in [6, 6.07) is 4.14. The van der Waals surface area contributed by atoms with E-state index in [0.29, 0.717) is 17.7 Å². The van der Waals surface area contributed by atoms with Gasteiger partial charge in [-0.1, -0.05) is 12.8 Å². The molecule has 3 rings (SSSR count). The lowest BCUT2D eigenvalue weighted by atomic mass is 10.2. The maximum absolute atomic E-state index is 5.95. The zero-order valence-electron chi connectivity index (χ0n) is 9.99. The Morgan fingerprint density at radius 2 is 1.94 bits per heavy atom. The molecule has 18 heavy (non-hydrogen) atoms. The topological polar surface area (TPSA) is 78.8 Å². The largest absolute Gasteiger partial charge is 0.403 e. The van der Waals surface area contributed by atoms with Crippen LogP contribution in [0.4, 0.5) is 5.82 Å². The van der Waals surface area contributed by atoms with Crippen LogP contribution in [0.1, 0.15) is 31.7 Å². The molecule has 0 amide bonds. The van der Waals surface area contributed by atoms with Crippen molar-refractivity contribution in [2.75, 3.05) is 5.73 Å². The second-order valence-electron chi connectivity index (χ2n) is 4.42. The Morgan fingerprint density at radius 3 is 2.67 bits per heavy atom. The minimum absolute atomic E-state index is 0.286. The van der Waals surface area contributed by atoms with E-state index in [1.165, 1.54) is 12.8 Å². The fraction of sp³-hybridized carbons (Fsp3) is 0.417. The molecule has 1 saturated carbocycles. The fourth-order valence-electron chi connectivity index (χ4n) is 2.31. The molecule has 1 fully saturated rings. The molecule has 0 bridgehead atoms. The first-order chi connectivity index (χ1) is 8.83. The highest BCUT2D eigenvalue weighted by molar-refractivity contribution is 5.35. The zero-order chi connectivity index (χ0) is 12.4. The van der Waals surface area contributed by atoms with Crippen LogP contribution in [0.25, 0.3) is 0 Å². The van der Waals surface area contributed by atoms with Crippen LogP contribution >= 0.6 is 0 Å². The van der Waals surface area contributed by atoms with Crippen molar-refractivity contribution in [2.45, 2.75) is 31.7 Å². The summed E-state index contributed by atoms with van der Waals surface area (Å²) in [5.41, 5.74) is 5.95. The Hall–Kier alpha value is -2.11. The maximum Gasteiger partial charge on any atom is 0.323 e. The van der Waals surface area contributed by atoms with Gasteiger partial charge in [0.2, 0.25) is 5.88 Å². The summed E-state index contributed by atoms with van der Waals surface area (Å²) in [6.45, 7) is 0. The Morgan fingerprint density at radius 1 is 1.22 bits per heavy atom. The number of nitrogens with two attached hydrogens (primary N) is 1. The van der Waals surface area contributed by atoms with Gasteiger partial charge in [-0.2, -0.15) is 0 Å². The van der Waals surface area contributed by atoms with Crippen molar-refractivity contribution < 1.29 is 4.74 Å². The number of nitrogens with zero attached hydrogens (tertiary/aromatic N) is 4. The van der Waals surface area contributed by atoms with Gasteiger partial charge >= 0.3 is 6.01 Å². The summed E-state index contributed by atoms with van der Waals surface area (Å²) in [6.07, 6.45) is 7.99. The molecule has 2 aromatic heterocycles. The van der Waals surface area contributed by atoms with E-state index in [1.54, 1.807) is 24.5 Å². The number of aromatic nitrogens is 4. The lowest BCUT2D eigenvalue weighted by Gasteiger charge is -2.10. The summed E-state index contributed by atoms with van der Waals surface area (Å²) in [5, 5.41) is 4.38. The Labute approximate surface area is 105 Å². The lowest BCUT2D eigenvalue weighted by molar-refractivity contribution is 0.397. The lowest BCUT2D eigenvalue weighted by Crippen LogP contribution is -2.09. The minimum Gasteiger partial charge on any atom is -0.403 e. The van der Waals surface area contributed by atoms with Gasteiger partial charge in [0, 0.05) is 18.5 Å². The van der Waals surface area contributed by atoms with Gasteiger partial charge < -0.3 is 10.5 Å². The summed E-state index contributed by atoms with van der Waals surface area (Å²) in [4.78, 5) is 7.97. The van der Waals surface area contributed by atoms with Gasteiger partial charge in [0.15, 0.2) is 0 Å². The van der Waals surface area contributed by atoms with Crippen LogP contribution in [-0.2, 0) is 0 Å². The van der Waals surface area contributed by atoms with Gasteiger partial charge in [-0.05, 0) is 18.9 Å². The molecular weight excluding hydrogens is 230 g/mol. The molecule has 1 aliphatic rings. The van der Waals surface area contributed by atoms with Crippen LogP contribution in [0.2, 0.25) is 0 Å². The quantitative estimate of drug-likeness (QED) is 0.896. The number of nitrogen functional groups attached to an aromatic ring is 1. The van der Waals surface area contributed by atoms with Crippen molar-refractivity contribution >= 4 is 5.82 Å². The first-order valence-electron chi connectivity index (χ1n) is 6.13. The summed E-state index contributed by atoms with van der Waals surface area (Å²) < 4.78 is 7.32. The van der Waals surface area contributed by atoms with E-state index in [2.05, 4.69) is 15.1 Å². The van der Waals surface area contributed by atoms with E-state index in [4.69, 9.17) is 10.5 Å². The van der Waals surface area contributed by atoms with E-state index >= 15 is 0 Å². The predicted octanol–water partition coefficient (Wildman–Crippen LogP) is 2.16. The number of hydrogen-bond donors (Lipinski definition) is 1. The second kappa shape index (κ2) is 4.64. The van der Waals surface area contributed by atoms with Crippen LogP contribution in [0.15, 0.2) is 24.5 Å². The number of rotatable bonds is 3. The van der Waals surface area contributed by atoms with Gasteiger partial charge in [0.25, 0.3) is 0 Å². The van der Waals surface area contributed by atoms with Crippen molar-refractivity contribution in [3.63, 3.8) is 0 Å². The summed E-state index contributed by atoms with van der Waals surface area (Å²) in [5.74, 6) is 1.08. The molecule has 2 heterocycles. The van der Waals surface area contributed by atoms with Gasteiger partial charge in [-0.3, -0.25) is 0 Å². The summed E-state index contributed by atoms with van der Waals surface area (Å²) in [7, 11) is 0. The van der Waals surface area contributed by atoms with Crippen molar-refractivity contribution in [1.82, 2.24) is 19.7 Å². The third-order valence-corrected chi connectivity index (χ3v) is 3.15. The summed E-state index contributed by atoms with van der Waals surface area (Å²) >= 11 is 0. The maximum atomic E-state index is 5.95. The van der Waals surface area contributed by atoms with Gasteiger partial charge in [0.1, 0.15) is 5.82 Å². The van der Waals surface area contributed by atoms with Crippen molar-refractivity contribution in [3.05, 3.63) is 24.5 Å². The van der Waals surface area contributed by atoms with Crippen LogP contribution in [0.5, 0.6) is 11.9 Å². The smallest absolute Gasteiger partial charge is 0.323 e. The van der Waals surface area contributed by atoms with Crippen molar-refractivity contribution in [2.24, 2.45) is 0 Å². The molecule has 0 saturated heterocycles. The molecule has 1 aliphatic carbocycles. The molecule has 0 aromatic carbocycles. The van der Waals surface area contributed by atoms with Gasteiger partial charge in [-0.15, -0.1) is 5.10 Å². The zero-order valence-corrected chi connectivity index (χ0v) is 9.99. The number of hydrogen-bond acceptors (Lipinski definition) is 5. The molecule has 6 nitrogen and oxygen atoms in total. The third-order valence-electron chi connectivity index (χ3n) is 3.15. The van der Waals surface area contributed by atoms with E-state index in [1.807, 2.05) is 4.68 Å². The van der Waals surface area contributed by atoms with Crippen LogP contribution in [0, 0.1) is 0 Å². The average molecular weight is 245 g/mol. The first-order valence-corrected chi connectivity index (χ1v) is 6.13. The monoisotopic (exact) mass is 245 g/mol. The number of ether oxygens (including phenoxy) is 1. The predicted molar refractivity (Wildman–Crippen MR) is 66.3 cm³/mol. The van der Waals surface area contributed by atoms with E-state index in [9.17, 15) is 0 Å². The molecule has 0 spiro atoms. The molecule has 94 valence electrons. The second-order valence-corrected chi connectivity index (χ2v) is 4.42. The van der Waals surface area contributed by atoms with Crippen molar-refractivity contribution in [1.29, 1.82) is 0 Å². The molecule has 2 aromatic rings. The SMILES string of the molecule is Nc1cc(Oc2ncccn2)nn1C1CCCC1. The fourth-order valence-corrected chi connectivity index (χ4v) is 2.31. The highest BCUT2D eigenvalue weighted by Crippen LogP contribution is 2.32. The van der Waals surface area contributed by atoms with Gasteiger partial charge in [-0.25, -0.2) is 14.6 Å². The number of anilines is 1.